The number of halogens is 4. The van der Waals surface area contributed by atoms with Gasteiger partial charge in [0.2, 0.25) is 11.9 Å². The number of piperazine rings is 1. The number of aromatic nitrogens is 5. The number of amides is 1. The van der Waals surface area contributed by atoms with E-state index in [4.69, 9.17) is 0 Å². The number of hydrogen-bond donors (Lipinski definition) is 1. The molecule has 0 aromatic carbocycles. The lowest BCUT2D eigenvalue weighted by molar-refractivity contribution is -0.159. The highest BCUT2D eigenvalue weighted by atomic mass is 19.4. The molecule has 1 atom stereocenters. The Morgan fingerprint density at radius 2 is 1.94 bits per heavy atom. The smallest absolute Gasteiger partial charge is 0.341 e. The molecule has 3 aromatic heterocycles. The minimum Gasteiger partial charge on any atom is -0.341 e. The van der Waals surface area contributed by atoms with E-state index in [1.54, 1.807) is 11.1 Å². The van der Waals surface area contributed by atoms with Gasteiger partial charge in [-0.3, -0.25) is 13.9 Å². The molecule has 2 saturated heterocycles. The van der Waals surface area contributed by atoms with Crippen molar-refractivity contribution in [2.45, 2.75) is 25.2 Å². The maximum Gasteiger partial charge on any atom is 0.408 e. The third-order valence-corrected chi connectivity index (χ3v) is 5.79. The van der Waals surface area contributed by atoms with Gasteiger partial charge in [-0.1, -0.05) is 0 Å². The normalized spacial score (nSPS) is 19.4. The van der Waals surface area contributed by atoms with Crippen molar-refractivity contribution >= 4 is 17.4 Å². The van der Waals surface area contributed by atoms with E-state index in [1.165, 1.54) is 17.1 Å². The molecular weight excluding hydrogens is 432 g/mol. The van der Waals surface area contributed by atoms with Crippen LogP contribution in [0.4, 0.5) is 23.4 Å². The van der Waals surface area contributed by atoms with Gasteiger partial charge in [0.05, 0.1) is 18.1 Å². The van der Waals surface area contributed by atoms with Crippen molar-refractivity contribution in [2.24, 2.45) is 0 Å². The number of carbonyl (C=O) groups excluding carboxylic acids is 1. The zero-order chi connectivity index (χ0) is 22.5. The van der Waals surface area contributed by atoms with Crippen molar-refractivity contribution in [1.29, 1.82) is 0 Å². The number of nitrogens with zero attached hydrogens (tertiary/aromatic N) is 7. The highest BCUT2D eigenvalue weighted by Gasteiger charge is 2.50. The van der Waals surface area contributed by atoms with Crippen LogP contribution >= 0.6 is 0 Å². The van der Waals surface area contributed by atoms with Gasteiger partial charge in [0.25, 0.3) is 0 Å². The van der Waals surface area contributed by atoms with E-state index in [0.717, 1.165) is 28.6 Å². The van der Waals surface area contributed by atoms with E-state index < -0.39 is 18.2 Å². The maximum absolute atomic E-state index is 14.3. The van der Waals surface area contributed by atoms with E-state index in [2.05, 4.69) is 20.4 Å². The number of hydrogen-bond acceptors (Lipinski definition) is 6. The second-order valence-corrected chi connectivity index (χ2v) is 7.82. The van der Waals surface area contributed by atoms with Gasteiger partial charge >= 0.3 is 6.18 Å². The first kappa shape index (κ1) is 20.7. The molecule has 5 heterocycles. The number of carbonyl (C=O) groups is 1. The summed E-state index contributed by atoms with van der Waals surface area (Å²) in [5, 5.41) is 7.36. The van der Waals surface area contributed by atoms with Crippen LogP contribution in [0.15, 0.2) is 24.8 Å². The topological polar surface area (TPSA) is 83.6 Å². The third-order valence-electron chi connectivity index (χ3n) is 5.79. The molecule has 0 spiro atoms. The molecule has 2 aliphatic heterocycles. The van der Waals surface area contributed by atoms with Gasteiger partial charge in [0.1, 0.15) is 12.6 Å². The third kappa shape index (κ3) is 3.66. The van der Waals surface area contributed by atoms with Crippen LogP contribution in [0, 0.1) is 5.95 Å². The Hall–Kier alpha value is -3.22. The highest BCUT2D eigenvalue weighted by molar-refractivity contribution is 5.76. The van der Waals surface area contributed by atoms with E-state index in [0.29, 0.717) is 18.7 Å². The first-order valence-corrected chi connectivity index (χ1v) is 10.2. The molecule has 0 radical (unpaired) electrons. The number of rotatable bonds is 4. The zero-order valence-corrected chi connectivity index (χ0v) is 16.9. The first-order valence-electron chi connectivity index (χ1n) is 10.2. The summed E-state index contributed by atoms with van der Waals surface area (Å²) in [6.07, 6.45) is 0.856. The van der Waals surface area contributed by atoms with E-state index >= 15 is 0 Å². The lowest BCUT2D eigenvalue weighted by Crippen LogP contribution is -2.56. The van der Waals surface area contributed by atoms with Gasteiger partial charge in [-0.25, -0.2) is 9.97 Å². The molecule has 1 amide bonds. The van der Waals surface area contributed by atoms with Crippen molar-refractivity contribution in [3.63, 3.8) is 0 Å². The summed E-state index contributed by atoms with van der Waals surface area (Å²) in [6.45, 7) is 2.86. The number of anilines is 1. The molecule has 0 saturated carbocycles. The van der Waals surface area contributed by atoms with Crippen LogP contribution in [-0.2, 0) is 11.3 Å². The van der Waals surface area contributed by atoms with Gasteiger partial charge in [0.15, 0.2) is 11.5 Å². The van der Waals surface area contributed by atoms with Crippen LogP contribution in [0.25, 0.3) is 16.9 Å². The van der Waals surface area contributed by atoms with Crippen LogP contribution in [0.5, 0.6) is 0 Å². The Bertz CT molecular complexity index is 1150. The quantitative estimate of drug-likeness (QED) is 0.601. The largest absolute Gasteiger partial charge is 0.408 e. The van der Waals surface area contributed by atoms with Crippen LogP contribution in [-0.4, -0.2) is 79.9 Å². The van der Waals surface area contributed by atoms with Crippen LogP contribution < -0.4 is 10.2 Å². The number of nitrogens with one attached hydrogen (secondary N) is 1. The van der Waals surface area contributed by atoms with Crippen molar-refractivity contribution in [3.05, 3.63) is 30.7 Å². The summed E-state index contributed by atoms with van der Waals surface area (Å²) < 4.78 is 56.8. The molecular formula is C19H20F4N8O. The fourth-order valence-electron chi connectivity index (χ4n) is 3.99. The molecule has 0 unspecified atom stereocenters. The molecule has 5 rings (SSSR count). The molecule has 3 aromatic rings. The molecule has 2 fully saturated rings. The van der Waals surface area contributed by atoms with Gasteiger partial charge in [-0.05, 0) is 6.42 Å². The summed E-state index contributed by atoms with van der Waals surface area (Å²) in [5.41, 5.74) is 0.706. The van der Waals surface area contributed by atoms with Crippen molar-refractivity contribution in [1.82, 2.24) is 34.4 Å². The minimum atomic E-state index is -4.42. The Kier molecular flexibility index (Phi) is 4.99. The number of fused-ring (bicyclic) bond motifs is 1. The predicted molar refractivity (Wildman–Crippen MR) is 105 cm³/mol. The first-order chi connectivity index (χ1) is 15.3. The fraction of sp³-hybridized carbons (Fsp3) is 0.474. The molecule has 2 aliphatic rings. The van der Waals surface area contributed by atoms with Gasteiger partial charge in [-0.2, -0.15) is 22.7 Å². The standard InChI is InChI=1S/C19H20F4N8O/c20-15-8-25-17-18(30-4-1-14(30)19(21,22)23)27-13(10-31(15)17)12-7-26-29(9-12)11-16(32)28-5-2-24-3-6-28/h7-10,14,24H,1-6,11H2/t14-/m1/s1. The lowest BCUT2D eigenvalue weighted by Gasteiger charge is -2.42. The summed E-state index contributed by atoms with van der Waals surface area (Å²) >= 11 is 0. The zero-order valence-electron chi connectivity index (χ0n) is 16.9. The second kappa shape index (κ2) is 7.73. The van der Waals surface area contributed by atoms with Crippen molar-refractivity contribution in [3.8, 4) is 11.3 Å². The van der Waals surface area contributed by atoms with Crippen molar-refractivity contribution < 1.29 is 22.4 Å². The minimum absolute atomic E-state index is 0.0153. The maximum atomic E-state index is 14.3. The molecule has 32 heavy (non-hydrogen) atoms. The Morgan fingerprint density at radius 1 is 1.16 bits per heavy atom. The van der Waals surface area contributed by atoms with E-state index in [-0.39, 0.29) is 42.6 Å². The van der Waals surface area contributed by atoms with Gasteiger partial charge < -0.3 is 15.1 Å². The number of alkyl halides is 3. The van der Waals surface area contributed by atoms with E-state index in [9.17, 15) is 22.4 Å². The molecule has 0 aliphatic carbocycles. The molecule has 9 nitrogen and oxygen atoms in total. The predicted octanol–water partition coefficient (Wildman–Crippen LogP) is 1.30. The average molecular weight is 452 g/mol. The number of imidazole rings is 1. The van der Waals surface area contributed by atoms with Crippen molar-refractivity contribution in [2.75, 3.05) is 37.6 Å². The van der Waals surface area contributed by atoms with Crippen LogP contribution in [0.2, 0.25) is 0 Å². The summed E-state index contributed by atoms with van der Waals surface area (Å²) in [7, 11) is 0. The average Bonchev–Trinajstić information content (AvgIpc) is 3.33. The Labute approximate surface area is 179 Å². The molecule has 170 valence electrons. The van der Waals surface area contributed by atoms with Crippen LogP contribution in [0.1, 0.15) is 6.42 Å². The van der Waals surface area contributed by atoms with Gasteiger partial charge in [0, 0.05) is 50.7 Å². The Balaban J connectivity index is 1.45. The summed E-state index contributed by atoms with van der Waals surface area (Å²) in [4.78, 5) is 23.6. The molecule has 13 heteroatoms. The highest BCUT2D eigenvalue weighted by Crippen LogP contribution is 2.38. The fourth-order valence-corrected chi connectivity index (χ4v) is 3.99. The van der Waals surface area contributed by atoms with Gasteiger partial charge in [-0.15, -0.1) is 0 Å². The Morgan fingerprint density at radius 3 is 2.62 bits per heavy atom. The summed E-state index contributed by atoms with van der Waals surface area (Å²) in [5.74, 6) is -0.834. The van der Waals surface area contributed by atoms with E-state index in [1.807, 2.05) is 0 Å². The molecule has 1 N–H and O–H groups in total. The van der Waals surface area contributed by atoms with Crippen LogP contribution in [0.3, 0.4) is 0 Å². The lowest BCUT2D eigenvalue weighted by atomic mass is 10.0. The molecule has 0 bridgehead atoms. The second-order valence-electron chi connectivity index (χ2n) is 7.82. The summed E-state index contributed by atoms with van der Waals surface area (Å²) in [6, 6.07) is -1.69. The SMILES string of the molecule is O=C(Cn1cc(-c2cn3c(F)cnc3c(N3CC[C@@H]3C(F)(F)F)n2)cn1)N1CCNCC1. The monoisotopic (exact) mass is 452 g/mol.